The average molecular weight is 523 g/mol. The van der Waals surface area contributed by atoms with Crippen LogP contribution in [0.4, 0.5) is 11.5 Å². The van der Waals surface area contributed by atoms with Crippen LogP contribution in [0.5, 0.6) is 0 Å². The number of allylic oxidation sites excluding steroid dienone is 2. The number of nitrogens with zero attached hydrogens (tertiary/aromatic N) is 5. The molecule has 3 aliphatic rings. The Bertz CT molecular complexity index is 1360. The third-order valence-electron chi connectivity index (χ3n) is 7.57. The van der Waals surface area contributed by atoms with Gasteiger partial charge >= 0.3 is 0 Å². The summed E-state index contributed by atoms with van der Waals surface area (Å²) in [5.41, 5.74) is 13.2. The van der Waals surface area contributed by atoms with Gasteiger partial charge < -0.3 is 22.0 Å². The second kappa shape index (κ2) is 9.09. The van der Waals surface area contributed by atoms with Crippen molar-refractivity contribution in [2.75, 3.05) is 38.3 Å². The molecule has 2 N–H and O–H groups in total. The van der Waals surface area contributed by atoms with Gasteiger partial charge in [-0.3, -0.25) is 0 Å². The van der Waals surface area contributed by atoms with Crippen LogP contribution in [0.1, 0.15) is 25.1 Å². The summed E-state index contributed by atoms with van der Waals surface area (Å²) in [6, 6.07) is 18.8. The van der Waals surface area contributed by atoms with Crippen molar-refractivity contribution in [1.29, 1.82) is 0 Å². The number of nitrogens with two attached hydrogens (primary N) is 1. The van der Waals surface area contributed by atoms with Crippen LogP contribution in [0.2, 0.25) is 0 Å². The lowest BCUT2D eigenvalue weighted by Gasteiger charge is -2.39. The highest BCUT2D eigenvalue weighted by atomic mass is 35.5. The molecule has 1 aromatic heterocycles. The van der Waals surface area contributed by atoms with E-state index in [9.17, 15) is 0 Å². The number of hydrogen-bond acceptors (Lipinski definition) is 6. The lowest BCUT2D eigenvalue weighted by Crippen LogP contribution is -3.00. The zero-order valence-corrected chi connectivity index (χ0v) is 22.8. The Morgan fingerprint density at radius 1 is 1.00 bits per heavy atom. The van der Waals surface area contributed by atoms with Crippen LogP contribution >= 0.6 is 7.56 Å². The Kier molecular flexibility index (Phi) is 6.34. The number of ether oxygens (including phenoxy) is 1. The van der Waals surface area contributed by atoms with Crippen LogP contribution in [0.15, 0.2) is 70.6 Å². The van der Waals surface area contributed by atoms with Gasteiger partial charge in [0.25, 0.3) is 0 Å². The molecule has 0 spiro atoms. The van der Waals surface area contributed by atoms with Gasteiger partial charge in [0.05, 0.1) is 43.9 Å². The minimum absolute atomic E-state index is 0. The van der Waals surface area contributed by atoms with Crippen LogP contribution in [0, 0.1) is 6.92 Å². The number of halogens is 1. The Morgan fingerprint density at radius 3 is 2.36 bits per heavy atom. The molecule has 2 aromatic carbocycles. The van der Waals surface area contributed by atoms with E-state index in [1.807, 2.05) is 29.1 Å². The maximum absolute atomic E-state index is 7.73. The number of anilines is 1. The van der Waals surface area contributed by atoms with Gasteiger partial charge in [0.1, 0.15) is 5.69 Å². The number of morpholine rings is 1. The highest BCUT2D eigenvalue weighted by Crippen LogP contribution is 2.67. The van der Waals surface area contributed by atoms with E-state index in [4.69, 9.17) is 20.3 Å². The van der Waals surface area contributed by atoms with E-state index in [2.05, 4.69) is 73.8 Å². The van der Waals surface area contributed by atoms with Crippen molar-refractivity contribution in [2.45, 2.75) is 26.2 Å². The van der Waals surface area contributed by atoms with Crippen LogP contribution in [-0.2, 0) is 10.2 Å². The summed E-state index contributed by atoms with van der Waals surface area (Å²) >= 11 is 0. The average Bonchev–Trinajstić information content (AvgIpc) is 3.32. The number of aryl methyl sites for hydroxylation is 1. The molecule has 1 unspecified atom stereocenters. The first-order valence-corrected chi connectivity index (χ1v) is 13.9. The van der Waals surface area contributed by atoms with E-state index in [0.717, 1.165) is 40.9 Å². The predicted octanol–water partition coefficient (Wildman–Crippen LogP) is 1.30. The molecule has 0 bridgehead atoms. The molecule has 0 radical (unpaired) electrons. The van der Waals surface area contributed by atoms with Gasteiger partial charge in [-0.15, -0.1) is 4.67 Å². The standard InChI is InChI=1S/C27H32N6OP.ClH/c1-19-24-26(33(30-19)20-10-6-5-7-11-20)29-18-23(35(24,28)32-14-16-34-17-15-32)25-27(2,3)21-12-8-9-13-22(21)31(25)4;/h5-13,18H,14-17,28H2,1-4H3;1H/q+1;/p-1/b25-23-;. The van der Waals surface area contributed by atoms with Crippen LogP contribution < -0.4 is 28.1 Å². The molecule has 36 heavy (non-hydrogen) atoms. The second-order valence-electron chi connectivity index (χ2n) is 9.95. The molecular formula is C27H32ClN6OP. The molecule has 0 aliphatic carbocycles. The Labute approximate surface area is 219 Å². The molecule has 0 amide bonds. The van der Waals surface area contributed by atoms with Crippen LogP contribution in [0.3, 0.4) is 0 Å². The molecule has 4 heterocycles. The third-order valence-corrected chi connectivity index (χ3v) is 11.1. The first-order chi connectivity index (χ1) is 16.8. The summed E-state index contributed by atoms with van der Waals surface area (Å²) in [6.07, 6.45) is 2.03. The van der Waals surface area contributed by atoms with E-state index in [1.54, 1.807) is 0 Å². The number of aliphatic imine (C=N–C) groups is 1. The van der Waals surface area contributed by atoms with Crippen LogP contribution in [-0.4, -0.2) is 54.0 Å². The number of aromatic nitrogens is 2. The van der Waals surface area contributed by atoms with E-state index >= 15 is 0 Å². The van der Waals surface area contributed by atoms with E-state index in [1.165, 1.54) is 16.9 Å². The molecule has 3 aromatic rings. The van der Waals surface area contributed by atoms with Gasteiger partial charge in [-0.1, -0.05) is 36.4 Å². The Hall–Kier alpha value is -2.54. The SMILES string of the molecule is Cc1nn(-c2ccccc2)c2c1[P+](N)(N1CCOCC1)/C(=C1\N(C)c3ccccc3C1(C)C)C=N2.[Cl-]. The normalized spacial score (nSPS) is 24.9. The maximum atomic E-state index is 7.73. The van der Waals surface area contributed by atoms with Crippen molar-refractivity contribution in [3.8, 4) is 5.69 Å². The molecule has 1 saturated heterocycles. The third kappa shape index (κ3) is 3.49. The summed E-state index contributed by atoms with van der Waals surface area (Å²) in [5.74, 6) is 0.844. The summed E-state index contributed by atoms with van der Waals surface area (Å²) in [4.78, 5) is 7.37. The molecular weight excluding hydrogens is 491 g/mol. The van der Waals surface area contributed by atoms with Crippen molar-refractivity contribution >= 4 is 30.6 Å². The Morgan fingerprint density at radius 2 is 1.67 bits per heavy atom. The van der Waals surface area contributed by atoms with Crippen LogP contribution in [0.25, 0.3) is 5.69 Å². The largest absolute Gasteiger partial charge is 1.00 e. The first-order valence-electron chi connectivity index (χ1n) is 12.1. The summed E-state index contributed by atoms with van der Waals surface area (Å²) in [7, 11) is -0.357. The van der Waals surface area contributed by atoms with Crippen molar-refractivity contribution in [3.05, 3.63) is 76.9 Å². The molecule has 188 valence electrons. The monoisotopic (exact) mass is 522 g/mol. The number of para-hydroxylation sites is 2. The summed E-state index contributed by atoms with van der Waals surface area (Å²) < 4.78 is 10.1. The fraction of sp³-hybridized carbons (Fsp3) is 0.333. The predicted molar refractivity (Wildman–Crippen MR) is 144 cm³/mol. The van der Waals surface area contributed by atoms with Gasteiger partial charge in [-0.05, 0) is 44.5 Å². The smallest absolute Gasteiger partial charge is 0.223 e. The molecule has 7 nitrogen and oxygen atoms in total. The lowest BCUT2D eigenvalue weighted by atomic mass is 9.84. The number of benzene rings is 2. The highest BCUT2D eigenvalue weighted by molar-refractivity contribution is 7.84. The molecule has 9 heteroatoms. The van der Waals surface area contributed by atoms with E-state index in [0.29, 0.717) is 13.2 Å². The van der Waals surface area contributed by atoms with E-state index in [-0.39, 0.29) is 17.8 Å². The van der Waals surface area contributed by atoms with Gasteiger partial charge in [-0.2, -0.15) is 10.6 Å². The molecule has 1 fully saturated rings. The van der Waals surface area contributed by atoms with Gasteiger partial charge in [0.15, 0.2) is 5.31 Å². The first kappa shape index (κ1) is 25.1. The van der Waals surface area contributed by atoms with Crippen molar-refractivity contribution in [3.63, 3.8) is 0 Å². The molecule has 3 aliphatic heterocycles. The Balaban J connectivity index is 0.00000267. The molecule has 1 atom stereocenters. The van der Waals surface area contributed by atoms with Gasteiger partial charge in [0, 0.05) is 18.2 Å². The quantitative estimate of drug-likeness (QED) is 0.514. The topological polar surface area (TPSA) is 71.9 Å². The number of likely N-dealkylation sites (N-methyl/N-ethyl adjacent to an activating group) is 1. The highest BCUT2D eigenvalue weighted by Gasteiger charge is 2.58. The molecule has 0 saturated carbocycles. The fourth-order valence-corrected chi connectivity index (χ4v) is 9.55. The van der Waals surface area contributed by atoms with Crippen molar-refractivity contribution in [2.24, 2.45) is 10.5 Å². The fourth-order valence-electron chi connectivity index (χ4n) is 5.94. The summed E-state index contributed by atoms with van der Waals surface area (Å²) in [5, 5.41) is 7.17. The zero-order chi connectivity index (χ0) is 24.4. The number of fused-ring (bicyclic) bond motifs is 2. The molecule has 6 rings (SSSR count). The van der Waals surface area contributed by atoms with E-state index < -0.39 is 7.56 Å². The van der Waals surface area contributed by atoms with Gasteiger partial charge in [0.2, 0.25) is 18.7 Å². The number of rotatable bonds is 2. The minimum atomic E-state index is -2.51. The zero-order valence-electron chi connectivity index (χ0n) is 21.1. The second-order valence-corrected chi connectivity index (χ2v) is 12.8. The van der Waals surface area contributed by atoms with Crippen molar-refractivity contribution < 1.29 is 17.1 Å². The summed E-state index contributed by atoms with van der Waals surface area (Å²) in [6.45, 7) is 9.61. The van der Waals surface area contributed by atoms with Crippen molar-refractivity contribution in [1.82, 2.24) is 14.5 Å². The maximum Gasteiger partial charge on any atom is 0.223 e. The minimum Gasteiger partial charge on any atom is -1.00 e. The lowest BCUT2D eigenvalue weighted by molar-refractivity contribution is -0.00000814. The van der Waals surface area contributed by atoms with Gasteiger partial charge in [-0.25, -0.2) is 9.67 Å². The number of hydrogen-bond donors (Lipinski definition) is 1.